The number of piperidine rings is 1. The highest BCUT2D eigenvalue weighted by Crippen LogP contribution is 2.21. The van der Waals surface area contributed by atoms with Gasteiger partial charge in [0.1, 0.15) is 0 Å². The van der Waals surface area contributed by atoms with Gasteiger partial charge >= 0.3 is 0 Å². The van der Waals surface area contributed by atoms with E-state index >= 15 is 0 Å². The Hall–Kier alpha value is -1.13. The lowest BCUT2D eigenvalue weighted by Crippen LogP contribution is -2.48. The largest absolute Gasteiger partial charge is 0.481 e. The first-order valence-corrected chi connectivity index (χ1v) is 6.70. The second-order valence-electron chi connectivity index (χ2n) is 5.06. The molecule has 0 saturated carbocycles. The molecule has 4 heteroatoms. The molecule has 0 radical (unpaired) electrons. The second-order valence-corrected chi connectivity index (χ2v) is 5.06. The molecule has 2 rings (SSSR count). The average Bonchev–Trinajstić information content (AvgIpc) is 2.39. The van der Waals surface area contributed by atoms with E-state index in [0.29, 0.717) is 11.9 Å². The van der Waals surface area contributed by atoms with Gasteiger partial charge in [-0.2, -0.15) is 0 Å². The minimum Gasteiger partial charge on any atom is -0.481 e. The molecule has 1 aromatic heterocycles. The van der Waals surface area contributed by atoms with Crippen molar-refractivity contribution >= 4 is 0 Å². The molecule has 1 aromatic rings. The molecule has 100 valence electrons. The summed E-state index contributed by atoms with van der Waals surface area (Å²) < 4.78 is 5.16. The standard InChI is InChI=1S/C14H23N3O/c1-11(15)13-7-3-4-9-17(13)10-12-6-5-8-14(16-12)18-2/h5-6,8,11,13H,3-4,7,9-10,15H2,1-2H3. The van der Waals surface area contributed by atoms with E-state index in [2.05, 4.69) is 22.9 Å². The maximum absolute atomic E-state index is 6.08. The van der Waals surface area contributed by atoms with E-state index in [4.69, 9.17) is 10.5 Å². The Morgan fingerprint density at radius 2 is 2.33 bits per heavy atom. The van der Waals surface area contributed by atoms with Gasteiger partial charge in [0.05, 0.1) is 12.8 Å². The summed E-state index contributed by atoms with van der Waals surface area (Å²) in [5.41, 5.74) is 7.14. The van der Waals surface area contributed by atoms with E-state index in [0.717, 1.165) is 18.8 Å². The zero-order valence-electron chi connectivity index (χ0n) is 11.3. The van der Waals surface area contributed by atoms with Crippen LogP contribution in [0, 0.1) is 0 Å². The fourth-order valence-corrected chi connectivity index (χ4v) is 2.68. The van der Waals surface area contributed by atoms with E-state index in [1.807, 2.05) is 12.1 Å². The van der Waals surface area contributed by atoms with Gasteiger partial charge in [0, 0.05) is 24.7 Å². The Morgan fingerprint density at radius 1 is 1.50 bits per heavy atom. The van der Waals surface area contributed by atoms with E-state index < -0.39 is 0 Å². The summed E-state index contributed by atoms with van der Waals surface area (Å²) in [6, 6.07) is 6.62. The van der Waals surface area contributed by atoms with E-state index in [-0.39, 0.29) is 6.04 Å². The zero-order chi connectivity index (χ0) is 13.0. The minimum atomic E-state index is 0.218. The summed E-state index contributed by atoms with van der Waals surface area (Å²) in [7, 11) is 1.65. The van der Waals surface area contributed by atoms with Gasteiger partial charge in [-0.3, -0.25) is 4.90 Å². The number of nitrogens with zero attached hydrogens (tertiary/aromatic N) is 2. The lowest BCUT2D eigenvalue weighted by Gasteiger charge is -2.37. The van der Waals surface area contributed by atoms with Crippen LogP contribution in [-0.4, -0.2) is 35.6 Å². The number of likely N-dealkylation sites (tertiary alicyclic amines) is 1. The molecule has 2 atom stereocenters. The number of methoxy groups -OCH3 is 1. The van der Waals surface area contributed by atoms with Crippen molar-refractivity contribution in [2.45, 2.75) is 44.8 Å². The highest BCUT2D eigenvalue weighted by atomic mass is 16.5. The molecule has 1 fully saturated rings. The molecule has 2 unspecified atom stereocenters. The van der Waals surface area contributed by atoms with Crippen LogP contribution in [0.2, 0.25) is 0 Å². The Kier molecular flexibility index (Phi) is 4.55. The van der Waals surface area contributed by atoms with Crippen molar-refractivity contribution in [2.24, 2.45) is 5.73 Å². The van der Waals surface area contributed by atoms with Crippen LogP contribution in [0.15, 0.2) is 18.2 Å². The molecule has 0 spiro atoms. The normalized spacial score (nSPS) is 22.7. The van der Waals surface area contributed by atoms with Crippen LogP contribution in [0.3, 0.4) is 0 Å². The Bertz CT molecular complexity index is 381. The molecule has 1 saturated heterocycles. The van der Waals surface area contributed by atoms with Crippen LogP contribution < -0.4 is 10.5 Å². The van der Waals surface area contributed by atoms with Crippen molar-refractivity contribution in [3.8, 4) is 5.88 Å². The molecule has 0 aliphatic carbocycles. The van der Waals surface area contributed by atoms with Gasteiger partial charge in [-0.1, -0.05) is 12.5 Å². The molecule has 1 aliphatic heterocycles. The van der Waals surface area contributed by atoms with Crippen LogP contribution in [0.5, 0.6) is 5.88 Å². The topological polar surface area (TPSA) is 51.4 Å². The van der Waals surface area contributed by atoms with Crippen LogP contribution in [0.4, 0.5) is 0 Å². The summed E-state index contributed by atoms with van der Waals surface area (Å²) in [5, 5.41) is 0. The van der Waals surface area contributed by atoms with Crippen molar-refractivity contribution in [3.05, 3.63) is 23.9 Å². The zero-order valence-corrected chi connectivity index (χ0v) is 11.3. The maximum Gasteiger partial charge on any atom is 0.213 e. The quantitative estimate of drug-likeness (QED) is 0.884. The highest BCUT2D eigenvalue weighted by Gasteiger charge is 2.25. The predicted molar refractivity (Wildman–Crippen MR) is 72.5 cm³/mol. The number of rotatable bonds is 4. The van der Waals surface area contributed by atoms with Crippen LogP contribution in [-0.2, 0) is 6.54 Å². The van der Waals surface area contributed by atoms with Gasteiger partial charge in [0.2, 0.25) is 5.88 Å². The molecule has 1 aliphatic rings. The average molecular weight is 249 g/mol. The molecule has 2 heterocycles. The summed E-state index contributed by atoms with van der Waals surface area (Å²) in [5.74, 6) is 0.682. The molecule has 2 N–H and O–H groups in total. The van der Waals surface area contributed by atoms with Crippen molar-refractivity contribution < 1.29 is 4.74 Å². The highest BCUT2D eigenvalue weighted by molar-refractivity contribution is 5.15. The second kappa shape index (κ2) is 6.16. The first-order valence-electron chi connectivity index (χ1n) is 6.70. The molecule has 0 aromatic carbocycles. The van der Waals surface area contributed by atoms with Gasteiger partial charge in [-0.15, -0.1) is 0 Å². The number of hydrogen-bond acceptors (Lipinski definition) is 4. The number of ether oxygens (including phenoxy) is 1. The van der Waals surface area contributed by atoms with Crippen LogP contribution in [0.25, 0.3) is 0 Å². The van der Waals surface area contributed by atoms with Gasteiger partial charge in [-0.25, -0.2) is 4.98 Å². The summed E-state index contributed by atoms with van der Waals surface area (Å²) in [6.07, 6.45) is 3.74. The van der Waals surface area contributed by atoms with Crippen molar-refractivity contribution in [1.29, 1.82) is 0 Å². The summed E-state index contributed by atoms with van der Waals surface area (Å²) >= 11 is 0. The monoisotopic (exact) mass is 249 g/mol. The van der Waals surface area contributed by atoms with Crippen LogP contribution >= 0.6 is 0 Å². The van der Waals surface area contributed by atoms with Crippen LogP contribution in [0.1, 0.15) is 31.9 Å². The Balaban J connectivity index is 2.05. The third-order valence-electron chi connectivity index (χ3n) is 3.63. The maximum atomic E-state index is 6.08. The molecule has 0 amide bonds. The van der Waals surface area contributed by atoms with Crippen molar-refractivity contribution in [2.75, 3.05) is 13.7 Å². The Labute approximate surface area is 109 Å². The molecular weight excluding hydrogens is 226 g/mol. The molecule has 4 nitrogen and oxygen atoms in total. The van der Waals surface area contributed by atoms with Crippen molar-refractivity contribution in [1.82, 2.24) is 9.88 Å². The number of hydrogen-bond donors (Lipinski definition) is 1. The Morgan fingerprint density at radius 3 is 3.06 bits per heavy atom. The number of nitrogens with two attached hydrogens (primary N) is 1. The van der Waals surface area contributed by atoms with E-state index in [1.54, 1.807) is 7.11 Å². The minimum absolute atomic E-state index is 0.218. The van der Waals surface area contributed by atoms with E-state index in [1.165, 1.54) is 19.3 Å². The summed E-state index contributed by atoms with van der Waals surface area (Å²) in [4.78, 5) is 6.93. The predicted octanol–water partition coefficient (Wildman–Crippen LogP) is 1.79. The fourth-order valence-electron chi connectivity index (χ4n) is 2.68. The fraction of sp³-hybridized carbons (Fsp3) is 0.643. The molecule has 18 heavy (non-hydrogen) atoms. The number of aromatic nitrogens is 1. The third kappa shape index (κ3) is 3.21. The summed E-state index contributed by atoms with van der Waals surface area (Å²) in [6.45, 7) is 4.08. The first kappa shape index (κ1) is 13.3. The lowest BCUT2D eigenvalue weighted by molar-refractivity contribution is 0.121. The number of pyridine rings is 1. The van der Waals surface area contributed by atoms with Gasteiger partial charge in [0.15, 0.2) is 0 Å². The first-order chi connectivity index (χ1) is 8.70. The molecular formula is C14H23N3O. The van der Waals surface area contributed by atoms with E-state index in [9.17, 15) is 0 Å². The van der Waals surface area contributed by atoms with Gasteiger partial charge < -0.3 is 10.5 Å². The third-order valence-corrected chi connectivity index (χ3v) is 3.63. The van der Waals surface area contributed by atoms with Gasteiger partial charge in [0.25, 0.3) is 0 Å². The SMILES string of the molecule is COc1cccc(CN2CCCCC2C(C)N)n1. The molecule has 0 bridgehead atoms. The smallest absolute Gasteiger partial charge is 0.213 e. The lowest BCUT2D eigenvalue weighted by atomic mass is 9.97. The van der Waals surface area contributed by atoms with Crippen molar-refractivity contribution in [3.63, 3.8) is 0 Å². The van der Waals surface area contributed by atoms with Gasteiger partial charge in [-0.05, 0) is 32.4 Å².